The van der Waals surface area contributed by atoms with Crippen molar-refractivity contribution in [3.05, 3.63) is 23.9 Å². The number of pyridine rings is 1. The molecule has 0 aliphatic rings. The van der Waals surface area contributed by atoms with Crippen molar-refractivity contribution < 1.29 is 13.2 Å². The molecule has 0 aliphatic carbocycles. The Bertz CT molecular complexity index is 365. The highest BCUT2D eigenvalue weighted by atomic mass is 32.2. The molecular formula is C13H19F3N2S. The molecule has 1 unspecified atom stereocenters. The molecule has 0 saturated carbocycles. The maximum absolute atomic E-state index is 12.4. The average molecular weight is 292 g/mol. The zero-order valence-electron chi connectivity index (χ0n) is 11.1. The van der Waals surface area contributed by atoms with E-state index in [9.17, 15) is 13.2 Å². The van der Waals surface area contributed by atoms with Crippen LogP contribution in [0.15, 0.2) is 23.4 Å². The van der Waals surface area contributed by atoms with Gasteiger partial charge in [-0.25, -0.2) is 4.98 Å². The molecule has 1 atom stereocenters. The molecule has 1 aromatic heterocycles. The van der Waals surface area contributed by atoms with Crippen molar-refractivity contribution in [3.63, 3.8) is 0 Å². The third-order valence-electron chi connectivity index (χ3n) is 2.50. The molecule has 0 radical (unpaired) electrons. The molecule has 0 saturated heterocycles. The van der Waals surface area contributed by atoms with Crippen LogP contribution in [0.3, 0.4) is 0 Å². The first kappa shape index (κ1) is 16.3. The molecule has 1 rings (SSSR count). The highest BCUT2D eigenvalue weighted by Gasteiger charge is 2.30. The van der Waals surface area contributed by atoms with Crippen LogP contribution in [0.4, 0.5) is 13.2 Å². The van der Waals surface area contributed by atoms with Crippen LogP contribution >= 0.6 is 11.8 Å². The summed E-state index contributed by atoms with van der Waals surface area (Å²) in [5.41, 5.74) is -0.700. The SMILES string of the molecule is CCCNCC(C)CSc1ccc(C(F)(F)F)cn1. The Kier molecular flexibility index (Phi) is 6.65. The van der Waals surface area contributed by atoms with Crippen molar-refractivity contribution >= 4 is 11.8 Å². The fourth-order valence-electron chi connectivity index (χ4n) is 1.45. The van der Waals surface area contributed by atoms with Gasteiger partial charge in [0.1, 0.15) is 0 Å². The second-order valence-corrected chi connectivity index (χ2v) is 5.54. The fourth-order valence-corrected chi connectivity index (χ4v) is 2.31. The van der Waals surface area contributed by atoms with Crippen molar-refractivity contribution in [1.29, 1.82) is 0 Å². The van der Waals surface area contributed by atoms with Crippen LogP contribution in [0.25, 0.3) is 0 Å². The zero-order valence-corrected chi connectivity index (χ0v) is 11.9. The van der Waals surface area contributed by atoms with Gasteiger partial charge < -0.3 is 5.32 Å². The van der Waals surface area contributed by atoms with Crippen molar-refractivity contribution in [2.24, 2.45) is 5.92 Å². The van der Waals surface area contributed by atoms with Gasteiger partial charge in [-0.3, -0.25) is 0 Å². The van der Waals surface area contributed by atoms with Crippen molar-refractivity contribution in [2.75, 3.05) is 18.8 Å². The van der Waals surface area contributed by atoms with E-state index in [0.29, 0.717) is 10.9 Å². The molecule has 0 bridgehead atoms. The largest absolute Gasteiger partial charge is 0.417 e. The summed E-state index contributed by atoms with van der Waals surface area (Å²) in [5, 5.41) is 3.95. The fraction of sp³-hybridized carbons (Fsp3) is 0.615. The van der Waals surface area contributed by atoms with Gasteiger partial charge in [-0.2, -0.15) is 13.2 Å². The van der Waals surface area contributed by atoms with E-state index in [1.165, 1.54) is 17.8 Å². The third kappa shape index (κ3) is 6.29. The first-order chi connectivity index (χ1) is 8.93. The minimum atomic E-state index is -4.31. The zero-order chi connectivity index (χ0) is 14.3. The standard InChI is InChI=1S/C13H19F3N2S/c1-3-6-17-7-10(2)9-19-12-5-4-11(8-18-12)13(14,15)16/h4-5,8,10,17H,3,6-7,9H2,1-2H3. The lowest BCUT2D eigenvalue weighted by Crippen LogP contribution is -2.23. The van der Waals surface area contributed by atoms with Gasteiger partial charge in [-0.05, 0) is 37.6 Å². The predicted octanol–water partition coefficient (Wildman–Crippen LogP) is 3.83. The van der Waals surface area contributed by atoms with E-state index < -0.39 is 11.7 Å². The number of hydrogen-bond acceptors (Lipinski definition) is 3. The van der Waals surface area contributed by atoms with Crippen LogP contribution in [0.2, 0.25) is 0 Å². The molecule has 0 amide bonds. The van der Waals surface area contributed by atoms with Crippen LogP contribution < -0.4 is 5.32 Å². The molecular weight excluding hydrogens is 273 g/mol. The Morgan fingerprint density at radius 3 is 2.63 bits per heavy atom. The predicted molar refractivity (Wildman–Crippen MR) is 72.3 cm³/mol. The smallest absolute Gasteiger partial charge is 0.316 e. The van der Waals surface area contributed by atoms with Gasteiger partial charge >= 0.3 is 6.18 Å². The molecule has 6 heteroatoms. The Hall–Kier alpha value is -0.750. The van der Waals surface area contributed by atoms with Gasteiger partial charge in [-0.1, -0.05) is 13.8 Å². The van der Waals surface area contributed by atoms with Crippen LogP contribution in [-0.2, 0) is 6.18 Å². The van der Waals surface area contributed by atoms with Crippen molar-refractivity contribution in [1.82, 2.24) is 10.3 Å². The Morgan fingerprint density at radius 2 is 2.11 bits per heavy atom. The molecule has 0 fully saturated rings. The summed E-state index contributed by atoms with van der Waals surface area (Å²) in [6.07, 6.45) is -2.32. The molecule has 19 heavy (non-hydrogen) atoms. The van der Waals surface area contributed by atoms with Gasteiger partial charge in [-0.15, -0.1) is 11.8 Å². The third-order valence-corrected chi connectivity index (χ3v) is 3.77. The van der Waals surface area contributed by atoms with Crippen LogP contribution in [0, 0.1) is 5.92 Å². The molecule has 0 aliphatic heterocycles. The lowest BCUT2D eigenvalue weighted by Gasteiger charge is -2.12. The van der Waals surface area contributed by atoms with E-state index in [1.807, 2.05) is 0 Å². The van der Waals surface area contributed by atoms with Crippen LogP contribution in [0.5, 0.6) is 0 Å². The molecule has 0 spiro atoms. The second-order valence-electron chi connectivity index (χ2n) is 4.50. The molecule has 1 N–H and O–H groups in total. The van der Waals surface area contributed by atoms with Gasteiger partial charge in [0.05, 0.1) is 10.6 Å². The summed E-state index contributed by atoms with van der Waals surface area (Å²) in [7, 11) is 0. The van der Waals surface area contributed by atoms with Gasteiger partial charge in [0.25, 0.3) is 0 Å². The van der Waals surface area contributed by atoms with Crippen LogP contribution in [0.1, 0.15) is 25.8 Å². The maximum atomic E-state index is 12.4. The highest BCUT2D eigenvalue weighted by molar-refractivity contribution is 7.99. The number of rotatable bonds is 7. The first-order valence-corrected chi connectivity index (χ1v) is 7.28. The number of nitrogens with zero attached hydrogens (tertiary/aromatic N) is 1. The van der Waals surface area contributed by atoms with E-state index >= 15 is 0 Å². The minimum Gasteiger partial charge on any atom is -0.316 e. The Labute approximate surface area is 116 Å². The number of aromatic nitrogens is 1. The number of alkyl halides is 3. The van der Waals surface area contributed by atoms with Gasteiger partial charge in [0, 0.05) is 11.9 Å². The summed E-state index contributed by atoms with van der Waals surface area (Å²) >= 11 is 1.49. The lowest BCUT2D eigenvalue weighted by atomic mass is 10.2. The van der Waals surface area contributed by atoms with E-state index in [0.717, 1.165) is 37.5 Å². The van der Waals surface area contributed by atoms with Crippen molar-refractivity contribution in [2.45, 2.75) is 31.5 Å². The Balaban J connectivity index is 2.37. The van der Waals surface area contributed by atoms with E-state index in [-0.39, 0.29) is 0 Å². The first-order valence-electron chi connectivity index (χ1n) is 6.30. The molecule has 1 aromatic rings. The second kappa shape index (κ2) is 7.75. The van der Waals surface area contributed by atoms with E-state index in [4.69, 9.17) is 0 Å². The maximum Gasteiger partial charge on any atom is 0.417 e. The summed E-state index contributed by atoms with van der Waals surface area (Å²) < 4.78 is 37.1. The molecule has 108 valence electrons. The normalized spacial score (nSPS) is 13.5. The minimum absolute atomic E-state index is 0.459. The highest BCUT2D eigenvalue weighted by Crippen LogP contribution is 2.29. The lowest BCUT2D eigenvalue weighted by molar-refractivity contribution is -0.137. The number of halogens is 3. The summed E-state index contributed by atoms with van der Waals surface area (Å²) in [4.78, 5) is 3.84. The molecule has 0 aromatic carbocycles. The summed E-state index contributed by atoms with van der Waals surface area (Å²) in [6, 6.07) is 2.51. The van der Waals surface area contributed by atoms with Gasteiger partial charge in [0.15, 0.2) is 0 Å². The van der Waals surface area contributed by atoms with E-state index in [1.54, 1.807) is 0 Å². The average Bonchev–Trinajstić information content (AvgIpc) is 2.36. The van der Waals surface area contributed by atoms with Gasteiger partial charge in [0.2, 0.25) is 0 Å². The quantitative estimate of drug-likeness (QED) is 0.611. The topological polar surface area (TPSA) is 24.9 Å². The number of hydrogen-bond donors (Lipinski definition) is 1. The molecule has 2 nitrogen and oxygen atoms in total. The molecule has 1 heterocycles. The monoisotopic (exact) mass is 292 g/mol. The van der Waals surface area contributed by atoms with Crippen molar-refractivity contribution in [3.8, 4) is 0 Å². The summed E-state index contributed by atoms with van der Waals surface area (Å²) in [5.74, 6) is 1.30. The van der Waals surface area contributed by atoms with Crippen LogP contribution in [-0.4, -0.2) is 23.8 Å². The number of nitrogens with one attached hydrogen (secondary N) is 1. The summed E-state index contributed by atoms with van der Waals surface area (Å²) in [6.45, 7) is 6.13. The number of thioether (sulfide) groups is 1. The van der Waals surface area contributed by atoms with E-state index in [2.05, 4.69) is 24.1 Å². The Morgan fingerprint density at radius 1 is 1.37 bits per heavy atom.